The van der Waals surface area contributed by atoms with Gasteiger partial charge in [-0.3, -0.25) is 9.59 Å². The van der Waals surface area contributed by atoms with Crippen molar-refractivity contribution >= 4 is 29.3 Å². The van der Waals surface area contributed by atoms with Crippen LogP contribution in [0.5, 0.6) is 0 Å². The van der Waals surface area contributed by atoms with E-state index in [1.807, 2.05) is 24.3 Å². The molecule has 0 saturated heterocycles. The number of carbonyl (C=O) groups excluding carboxylic acids is 2. The number of nitrogens with zero attached hydrogens (tertiary/aromatic N) is 1. The fourth-order valence-electron chi connectivity index (χ4n) is 3.63. The van der Waals surface area contributed by atoms with Crippen LogP contribution in [-0.4, -0.2) is 40.7 Å². The highest BCUT2D eigenvalue weighted by Gasteiger charge is 2.29. The maximum atomic E-state index is 12.3. The SMILES string of the molecule is C[C@@H](NC(=O)c1csc(CNC(=O)OCC2c3ccccc3-c3ccccc32)n1)C(=O)O. The summed E-state index contributed by atoms with van der Waals surface area (Å²) in [7, 11) is 0. The second-order valence-corrected chi connectivity index (χ2v) is 8.28. The number of hydrogen-bond donors (Lipinski definition) is 3. The van der Waals surface area contributed by atoms with Crippen molar-refractivity contribution in [1.29, 1.82) is 0 Å². The number of carboxylic acids is 1. The molecule has 0 aliphatic heterocycles. The van der Waals surface area contributed by atoms with Crippen LogP contribution in [0.1, 0.15) is 39.5 Å². The first-order chi connectivity index (χ1) is 15.4. The van der Waals surface area contributed by atoms with Gasteiger partial charge in [0.15, 0.2) is 0 Å². The second kappa shape index (κ2) is 9.19. The molecule has 32 heavy (non-hydrogen) atoms. The van der Waals surface area contributed by atoms with E-state index in [4.69, 9.17) is 9.84 Å². The van der Waals surface area contributed by atoms with Crippen LogP contribution in [0.25, 0.3) is 11.1 Å². The van der Waals surface area contributed by atoms with E-state index >= 15 is 0 Å². The predicted octanol–water partition coefficient (Wildman–Crippen LogP) is 3.38. The summed E-state index contributed by atoms with van der Waals surface area (Å²) < 4.78 is 5.48. The number of thiazole rings is 1. The van der Waals surface area contributed by atoms with Crippen LogP contribution in [0.3, 0.4) is 0 Å². The fourth-order valence-corrected chi connectivity index (χ4v) is 4.34. The first kappa shape index (κ1) is 21.5. The van der Waals surface area contributed by atoms with E-state index in [0.29, 0.717) is 5.01 Å². The molecule has 164 valence electrons. The number of amides is 2. The van der Waals surface area contributed by atoms with Gasteiger partial charge in [0.2, 0.25) is 0 Å². The predicted molar refractivity (Wildman–Crippen MR) is 119 cm³/mol. The van der Waals surface area contributed by atoms with Crippen molar-refractivity contribution in [1.82, 2.24) is 15.6 Å². The van der Waals surface area contributed by atoms with Gasteiger partial charge in [0.25, 0.3) is 5.91 Å². The van der Waals surface area contributed by atoms with Gasteiger partial charge in [0.1, 0.15) is 23.4 Å². The smallest absolute Gasteiger partial charge is 0.407 e. The molecule has 0 bridgehead atoms. The van der Waals surface area contributed by atoms with Crippen molar-refractivity contribution in [2.75, 3.05) is 6.61 Å². The standard InChI is InChI=1S/C23H21N3O5S/c1-13(22(28)29)25-21(27)19-12-32-20(26-19)10-24-23(30)31-11-18-16-8-4-2-6-14(16)15-7-3-5-9-17(15)18/h2-9,12-13,18H,10-11H2,1H3,(H,24,30)(H,25,27)(H,28,29)/t13-/m1/s1. The van der Waals surface area contributed by atoms with Gasteiger partial charge in [-0.15, -0.1) is 11.3 Å². The van der Waals surface area contributed by atoms with Crippen molar-refractivity contribution in [3.63, 3.8) is 0 Å². The van der Waals surface area contributed by atoms with Gasteiger partial charge < -0.3 is 20.5 Å². The molecule has 0 spiro atoms. The Labute approximate surface area is 188 Å². The lowest BCUT2D eigenvalue weighted by Crippen LogP contribution is -2.38. The first-order valence-corrected chi connectivity index (χ1v) is 10.9. The number of hydrogen-bond acceptors (Lipinski definition) is 6. The number of ether oxygens (including phenoxy) is 1. The molecule has 1 aliphatic carbocycles. The summed E-state index contributed by atoms with van der Waals surface area (Å²) in [6.07, 6.45) is -0.576. The third-order valence-electron chi connectivity index (χ3n) is 5.23. The van der Waals surface area contributed by atoms with Crippen molar-refractivity contribution in [3.8, 4) is 11.1 Å². The number of alkyl carbamates (subject to hydrolysis) is 1. The lowest BCUT2D eigenvalue weighted by molar-refractivity contribution is -0.138. The number of nitrogens with one attached hydrogen (secondary N) is 2. The number of rotatable bonds is 7. The summed E-state index contributed by atoms with van der Waals surface area (Å²) in [5.74, 6) is -1.74. The minimum absolute atomic E-state index is 0.0282. The molecule has 2 aromatic carbocycles. The largest absolute Gasteiger partial charge is 0.480 e. The minimum atomic E-state index is -1.13. The molecule has 1 heterocycles. The molecule has 4 rings (SSSR count). The van der Waals surface area contributed by atoms with Gasteiger partial charge in [-0.05, 0) is 29.2 Å². The number of benzene rings is 2. The average Bonchev–Trinajstić information content (AvgIpc) is 3.39. The quantitative estimate of drug-likeness (QED) is 0.507. The molecule has 0 fully saturated rings. The lowest BCUT2D eigenvalue weighted by Gasteiger charge is -2.14. The molecule has 2 amide bonds. The van der Waals surface area contributed by atoms with E-state index in [1.165, 1.54) is 23.6 Å². The minimum Gasteiger partial charge on any atom is -0.480 e. The summed E-state index contributed by atoms with van der Waals surface area (Å²) in [4.78, 5) is 39.3. The monoisotopic (exact) mass is 451 g/mol. The first-order valence-electron chi connectivity index (χ1n) is 10.0. The molecule has 1 aromatic heterocycles. The zero-order valence-corrected chi connectivity index (χ0v) is 18.0. The zero-order valence-electron chi connectivity index (χ0n) is 17.2. The van der Waals surface area contributed by atoms with E-state index in [1.54, 1.807) is 0 Å². The summed E-state index contributed by atoms with van der Waals surface area (Å²) in [5.41, 5.74) is 4.68. The van der Waals surface area contributed by atoms with Crippen LogP contribution >= 0.6 is 11.3 Å². The van der Waals surface area contributed by atoms with E-state index in [-0.39, 0.29) is 24.8 Å². The molecule has 8 nitrogen and oxygen atoms in total. The summed E-state index contributed by atoms with van der Waals surface area (Å²) >= 11 is 1.19. The Morgan fingerprint density at radius 2 is 1.72 bits per heavy atom. The third-order valence-corrected chi connectivity index (χ3v) is 6.08. The fraction of sp³-hybridized carbons (Fsp3) is 0.217. The lowest BCUT2D eigenvalue weighted by atomic mass is 9.98. The summed E-state index contributed by atoms with van der Waals surface area (Å²) in [6, 6.07) is 15.2. The maximum Gasteiger partial charge on any atom is 0.407 e. The van der Waals surface area contributed by atoms with E-state index in [9.17, 15) is 14.4 Å². The number of carboxylic acid groups (broad SMARTS) is 1. The van der Waals surface area contributed by atoms with Crippen molar-refractivity contribution in [2.45, 2.75) is 25.4 Å². The molecular formula is C23H21N3O5S. The van der Waals surface area contributed by atoms with Crippen LogP contribution in [-0.2, 0) is 16.1 Å². The van der Waals surface area contributed by atoms with Crippen LogP contribution < -0.4 is 10.6 Å². The highest BCUT2D eigenvalue weighted by atomic mass is 32.1. The van der Waals surface area contributed by atoms with Crippen molar-refractivity contribution in [2.24, 2.45) is 0 Å². The third kappa shape index (κ3) is 4.47. The molecule has 1 aliphatic rings. The van der Waals surface area contributed by atoms with Crippen LogP contribution in [0.2, 0.25) is 0 Å². The number of fused-ring (bicyclic) bond motifs is 3. The van der Waals surface area contributed by atoms with Crippen molar-refractivity contribution in [3.05, 3.63) is 75.7 Å². The van der Waals surface area contributed by atoms with Crippen LogP contribution in [0.4, 0.5) is 4.79 Å². The molecule has 0 unspecified atom stereocenters. The Morgan fingerprint density at radius 1 is 1.09 bits per heavy atom. The van der Waals surface area contributed by atoms with Gasteiger partial charge in [0.05, 0.1) is 6.54 Å². The Hall–Kier alpha value is -3.72. The molecule has 0 saturated carbocycles. The normalized spacial score (nSPS) is 13.0. The van der Waals surface area contributed by atoms with Gasteiger partial charge in [-0.1, -0.05) is 48.5 Å². The number of carbonyl (C=O) groups is 3. The van der Waals surface area contributed by atoms with Crippen LogP contribution in [0.15, 0.2) is 53.9 Å². The molecule has 3 N–H and O–H groups in total. The average molecular weight is 452 g/mol. The Bertz CT molecular complexity index is 1130. The highest BCUT2D eigenvalue weighted by Crippen LogP contribution is 2.44. The zero-order chi connectivity index (χ0) is 22.7. The number of aromatic nitrogens is 1. The molecule has 0 radical (unpaired) electrons. The van der Waals surface area contributed by atoms with E-state index in [0.717, 1.165) is 22.3 Å². The van der Waals surface area contributed by atoms with E-state index < -0.39 is 24.0 Å². The summed E-state index contributed by atoms with van der Waals surface area (Å²) in [6.45, 7) is 1.67. The maximum absolute atomic E-state index is 12.3. The molecule has 3 aromatic rings. The van der Waals surface area contributed by atoms with Crippen LogP contribution in [0, 0.1) is 0 Å². The Morgan fingerprint density at radius 3 is 2.34 bits per heavy atom. The molecular weight excluding hydrogens is 430 g/mol. The molecule has 1 atom stereocenters. The summed E-state index contributed by atoms with van der Waals surface area (Å²) in [5, 5.41) is 15.9. The van der Waals surface area contributed by atoms with E-state index in [2.05, 4.69) is 39.9 Å². The Balaban J connectivity index is 1.32. The van der Waals surface area contributed by atoms with Gasteiger partial charge in [-0.2, -0.15) is 0 Å². The van der Waals surface area contributed by atoms with Gasteiger partial charge in [0, 0.05) is 11.3 Å². The second-order valence-electron chi connectivity index (χ2n) is 7.34. The highest BCUT2D eigenvalue weighted by molar-refractivity contribution is 7.09. The van der Waals surface area contributed by atoms with Crippen molar-refractivity contribution < 1.29 is 24.2 Å². The van der Waals surface area contributed by atoms with Gasteiger partial charge in [-0.25, -0.2) is 9.78 Å². The Kier molecular flexibility index (Phi) is 6.18. The topological polar surface area (TPSA) is 118 Å². The molecule has 9 heteroatoms. The number of aliphatic carboxylic acids is 1. The van der Waals surface area contributed by atoms with Gasteiger partial charge >= 0.3 is 12.1 Å².